The number of hydrogen-bond donors (Lipinski definition) is 0. The van der Waals surface area contributed by atoms with Gasteiger partial charge in [-0.05, 0) is 52.2 Å². The summed E-state index contributed by atoms with van der Waals surface area (Å²) in [5, 5.41) is 4.74. The van der Waals surface area contributed by atoms with Crippen LogP contribution >= 0.6 is 0 Å². The number of likely N-dealkylation sites (tertiary alicyclic amines) is 1. The van der Waals surface area contributed by atoms with Crippen LogP contribution in [0.3, 0.4) is 0 Å². The molecule has 0 bridgehead atoms. The number of nitrogens with zero attached hydrogens (tertiary/aromatic N) is 3. The van der Waals surface area contributed by atoms with Gasteiger partial charge >= 0.3 is 6.09 Å². The molecular formula is C21H29N3O2. The number of piperidine rings is 1. The summed E-state index contributed by atoms with van der Waals surface area (Å²) in [4.78, 5) is 14.0. The van der Waals surface area contributed by atoms with E-state index in [0.29, 0.717) is 5.92 Å². The second-order valence-corrected chi connectivity index (χ2v) is 8.19. The summed E-state index contributed by atoms with van der Waals surface area (Å²) in [5.41, 5.74) is 4.24. The summed E-state index contributed by atoms with van der Waals surface area (Å²) >= 11 is 0. The van der Waals surface area contributed by atoms with Crippen LogP contribution in [-0.2, 0) is 11.8 Å². The summed E-state index contributed by atoms with van der Waals surface area (Å²) in [6, 6.07) is 10.7. The topological polar surface area (TPSA) is 47.4 Å². The molecule has 0 aliphatic carbocycles. The number of aryl methyl sites for hydroxylation is 2. The lowest BCUT2D eigenvalue weighted by molar-refractivity contribution is 0.0204. The van der Waals surface area contributed by atoms with Crippen molar-refractivity contribution in [1.82, 2.24) is 14.7 Å². The normalized spacial score (nSPS) is 16.0. The first-order valence-corrected chi connectivity index (χ1v) is 9.32. The van der Waals surface area contributed by atoms with Crippen molar-refractivity contribution < 1.29 is 9.53 Å². The number of ether oxygens (including phenoxy) is 1. The third kappa shape index (κ3) is 4.26. The Kier molecular flexibility index (Phi) is 5.08. The van der Waals surface area contributed by atoms with Gasteiger partial charge in [-0.2, -0.15) is 5.10 Å². The van der Waals surface area contributed by atoms with E-state index in [2.05, 4.69) is 37.3 Å². The highest BCUT2D eigenvalue weighted by Gasteiger charge is 2.28. The zero-order valence-electron chi connectivity index (χ0n) is 16.5. The van der Waals surface area contributed by atoms with Gasteiger partial charge in [-0.1, -0.05) is 29.8 Å². The van der Waals surface area contributed by atoms with Crippen LogP contribution in [0.2, 0.25) is 0 Å². The van der Waals surface area contributed by atoms with Crippen molar-refractivity contribution in [3.63, 3.8) is 0 Å². The highest BCUT2D eigenvalue weighted by molar-refractivity contribution is 5.68. The first kappa shape index (κ1) is 18.5. The lowest BCUT2D eigenvalue weighted by atomic mass is 9.93. The molecule has 0 saturated carbocycles. The molecule has 1 saturated heterocycles. The summed E-state index contributed by atoms with van der Waals surface area (Å²) in [7, 11) is 1.99. The Morgan fingerprint density at radius 3 is 2.35 bits per heavy atom. The molecule has 2 heterocycles. The average molecular weight is 355 g/mol. The van der Waals surface area contributed by atoms with E-state index in [4.69, 9.17) is 9.84 Å². The molecule has 5 nitrogen and oxygen atoms in total. The Morgan fingerprint density at radius 2 is 1.77 bits per heavy atom. The van der Waals surface area contributed by atoms with Gasteiger partial charge in [-0.25, -0.2) is 4.79 Å². The van der Waals surface area contributed by atoms with Crippen LogP contribution in [0.25, 0.3) is 11.3 Å². The van der Waals surface area contributed by atoms with Crippen molar-refractivity contribution in [1.29, 1.82) is 0 Å². The molecule has 26 heavy (non-hydrogen) atoms. The quantitative estimate of drug-likeness (QED) is 0.796. The maximum absolute atomic E-state index is 12.2. The molecule has 1 aromatic heterocycles. The first-order valence-electron chi connectivity index (χ1n) is 9.32. The number of aromatic nitrogens is 2. The average Bonchev–Trinajstić information content (AvgIpc) is 2.96. The van der Waals surface area contributed by atoms with Crippen LogP contribution in [0.15, 0.2) is 30.3 Å². The van der Waals surface area contributed by atoms with Crippen molar-refractivity contribution >= 4 is 6.09 Å². The Balaban J connectivity index is 1.66. The lowest BCUT2D eigenvalue weighted by Crippen LogP contribution is -2.41. The first-order chi connectivity index (χ1) is 12.2. The second-order valence-electron chi connectivity index (χ2n) is 8.19. The van der Waals surface area contributed by atoms with Crippen LogP contribution in [0.5, 0.6) is 0 Å². The third-order valence-electron chi connectivity index (χ3n) is 4.81. The van der Waals surface area contributed by atoms with Crippen molar-refractivity contribution in [3.05, 3.63) is 41.6 Å². The molecule has 1 aliphatic rings. The highest BCUT2D eigenvalue weighted by atomic mass is 16.6. The van der Waals surface area contributed by atoms with Gasteiger partial charge < -0.3 is 9.64 Å². The number of carbonyl (C=O) groups is 1. The predicted molar refractivity (Wildman–Crippen MR) is 103 cm³/mol. The SMILES string of the molecule is Cc1ccc(-c2cc(C3CCN(C(=O)OC(C)(C)C)CC3)nn2C)cc1. The standard InChI is InChI=1S/C21H29N3O2/c1-15-6-8-17(9-7-15)19-14-18(22-23(19)5)16-10-12-24(13-11-16)20(25)26-21(2,3)4/h6-9,14,16H,10-13H2,1-5H3. The number of carbonyl (C=O) groups excluding carboxylic acids is 1. The van der Waals surface area contributed by atoms with Crippen LogP contribution in [-0.4, -0.2) is 39.5 Å². The van der Waals surface area contributed by atoms with E-state index in [0.717, 1.165) is 37.3 Å². The Morgan fingerprint density at radius 1 is 1.15 bits per heavy atom. The van der Waals surface area contributed by atoms with E-state index in [1.54, 1.807) is 0 Å². The van der Waals surface area contributed by atoms with Gasteiger partial charge in [-0.15, -0.1) is 0 Å². The molecule has 3 rings (SSSR count). The maximum atomic E-state index is 12.2. The van der Waals surface area contributed by atoms with Crippen molar-refractivity contribution in [2.24, 2.45) is 7.05 Å². The minimum atomic E-state index is -0.447. The fraction of sp³-hybridized carbons (Fsp3) is 0.524. The summed E-state index contributed by atoms with van der Waals surface area (Å²) in [6.45, 7) is 9.23. The summed E-state index contributed by atoms with van der Waals surface area (Å²) in [6.07, 6.45) is 1.63. The van der Waals surface area contributed by atoms with Crippen molar-refractivity contribution in [3.8, 4) is 11.3 Å². The summed E-state index contributed by atoms with van der Waals surface area (Å²) < 4.78 is 7.43. The predicted octanol–water partition coefficient (Wildman–Crippen LogP) is 4.51. The molecule has 1 fully saturated rings. The van der Waals surface area contributed by atoms with Crippen LogP contribution < -0.4 is 0 Å². The van der Waals surface area contributed by atoms with E-state index in [1.807, 2.05) is 37.4 Å². The number of amides is 1. The van der Waals surface area contributed by atoms with Crippen molar-refractivity contribution in [2.75, 3.05) is 13.1 Å². The smallest absolute Gasteiger partial charge is 0.410 e. The minimum absolute atomic E-state index is 0.211. The number of rotatable bonds is 2. The van der Waals surface area contributed by atoms with Crippen molar-refractivity contribution in [2.45, 2.75) is 52.1 Å². The van der Waals surface area contributed by atoms with Crippen LogP contribution in [0, 0.1) is 6.92 Å². The van der Waals surface area contributed by atoms with Gasteiger partial charge in [0.1, 0.15) is 5.60 Å². The molecule has 2 aromatic rings. The van der Waals surface area contributed by atoms with Gasteiger partial charge in [0.25, 0.3) is 0 Å². The summed E-state index contributed by atoms with van der Waals surface area (Å²) in [5.74, 6) is 0.388. The fourth-order valence-electron chi connectivity index (χ4n) is 3.37. The molecule has 1 aliphatic heterocycles. The van der Waals surface area contributed by atoms with Crippen LogP contribution in [0.4, 0.5) is 4.79 Å². The van der Waals surface area contributed by atoms with E-state index < -0.39 is 5.60 Å². The zero-order valence-corrected chi connectivity index (χ0v) is 16.5. The molecule has 0 N–H and O–H groups in total. The van der Waals surface area contributed by atoms with E-state index in [-0.39, 0.29) is 6.09 Å². The van der Waals surface area contributed by atoms with Gasteiger partial charge in [-0.3, -0.25) is 4.68 Å². The maximum Gasteiger partial charge on any atom is 0.410 e. The molecule has 0 unspecified atom stereocenters. The minimum Gasteiger partial charge on any atom is -0.444 e. The van der Waals surface area contributed by atoms with Gasteiger partial charge in [0.2, 0.25) is 0 Å². The third-order valence-corrected chi connectivity index (χ3v) is 4.81. The monoisotopic (exact) mass is 355 g/mol. The van der Waals surface area contributed by atoms with E-state index in [1.165, 1.54) is 11.1 Å². The van der Waals surface area contributed by atoms with Gasteiger partial charge in [0, 0.05) is 26.1 Å². The highest BCUT2D eigenvalue weighted by Crippen LogP contribution is 2.31. The molecule has 5 heteroatoms. The van der Waals surface area contributed by atoms with E-state index >= 15 is 0 Å². The Hall–Kier alpha value is -2.30. The Labute approximate surface area is 156 Å². The zero-order chi connectivity index (χ0) is 18.9. The van der Waals surface area contributed by atoms with Crippen LogP contribution in [0.1, 0.15) is 50.8 Å². The fourth-order valence-corrected chi connectivity index (χ4v) is 3.37. The number of hydrogen-bond acceptors (Lipinski definition) is 3. The van der Waals surface area contributed by atoms with Gasteiger partial charge in [0.15, 0.2) is 0 Å². The molecule has 0 radical (unpaired) electrons. The molecule has 0 atom stereocenters. The molecule has 140 valence electrons. The molecule has 1 amide bonds. The lowest BCUT2D eigenvalue weighted by Gasteiger charge is -2.32. The Bertz CT molecular complexity index is 764. The van der Waals surface area contributed by atoms with E-state index in [9.17, 15) is 4.79 Å². The number of benzene rings is 1. The molecule has 0 spiro atoms. The van der Waals surface area contributed by atoms with Gasteiger partial charge in [0.05, 0.1) is 11.4 Å². The largest absolute Gasteiger partial charge is 0.444 e. The molecule has 1 aromatic carbocycles. The second kappa shape index (κ2) is 7.14. The molecular weight excluding hydrogens is 326 g/mol.